The minimum Gasteiger partial charge on any atom is -0.454 e. The van der Waals surface area contributed by atoms with Crippen molar-refractivity contribution >= 4 is 40.2 Å². The number of fused-ring (bicyclic) bond motifs is 1. The van der Waals surface area contributed by atoms with Crippen molar-refractivity contribution in [2.75, 3.05) is 11.9 Å². The Hall–Kier alpha value is -2.93. The molecule has 0 unspecified atom stereocenters. The van der Waals surface area contributed by atoms with Gasteiger partial charge in [-0.15, -0.1) is 5.10 Å². The van der Waals surface area contributed by atoms with Crippen molar-refractivity contribution in [2.24, 2.45) is 0 Å². The van der Waals surface area contributed by atoms with E-state index in [0.29, 0.717) is 16.2 Å². The zero-order valence-corrected chi connectivity index (χ0v) is 14.2. The number of halogens is 1. The molecule has 1 aromatic heterocycles. The van der Waals surface area contributed by atoms with Crippen molar-refractivity contribution in [3.8, 4) is 0 Å². The van der Waals surface area contributed by atoms with Crippen molar-refractivity contribution in [2.45, 2.75) is 13.5 Å². The first-order valence-corrected chi connectivity index (χ1v) is 7.90. The van der Waals surface area contributed by atoms with Crippen LogP contribution in [0.2, 0.25) is 5.02 Å². The van der Waals surface area contributed by atoms with E-state index in [1.54, 1.807) is 24.3 Å². The number of rotatable bonds is 5. The van der Waals surface area contributed by atoms with Gasteiger partial charge in [0.15, 0.2) is 6.61 Å². The van der Waals surface area contributed by atoms with E-state index in [0.717, 1.165) is 11.1 Å². The molecule has 7 nitrogen and oxygen atoms in total. The maximum Gasteiger partial charge on any atom is 0.328 e. The highest BCUT2D eigenvalue weighted by atomic mass is 35.5. The number of benzene rings is 2. The number of anilines is 1. The number of carbonyl (C=O) groups excluding carboxylic acids is 2. The lowest BCUT2D eigenvalue weighted by Gasteiger charge is -2.08. The molecule has 0 saturated carbocycles. The lowest BCUT2D eigenvalue weighted by atomic mass is 10.2. The molecule has 0 aliphatic carbocycles. The Kier molecular flexibility index (Phi) is 4.95. The fraction of sp³-hybridized carbons (Fsp3) is 0.176. The molecule has 0 spiro atoms. The molecule has 0 saturated heterocycles. The molecule has 3 aromatic rings. The van der Waals surface area contributed by atoms with Crippen molar-refractivity contribution < 1.29 is 14.3 Å². The first-order valence-electron chi connectivity index (χ1n) is 7.53. The summed E-state index contributed by atoms with van der Waals surface area (Å²) in [7, 11) is 0. The average molecular weight is 359 g/mol. The molecule has 8 heteroatoms. The first-order chi connectivity index (χ1) is 12.0. The lowest BCUT2D eigenvalue weighted by molar-refractivity contribution is -0.148. The molecule has 0 fully saturated rings. The van der Waals surface area contributed by atoms with E-state index in [4.69, 9.17) is 16.3 Å². The van der Waals surface area contributed by atoms with E-state index < -0.39 is 18.5 Å². The lowest BCUT2D eigenvalue weighted by Crippen LogP contribution is -2.23. The van der Waals surface area contributed by atoms with Gasteiger partial charge < -0.3 is 10.1 Å². The van der Waals surface area contributed by atoms with Gasteiger partial charge in [-0.3, -0.25) is 9.59 Å². The number of aryl methyl sites for hydroxylation is 1. The molecule has 0 radical (unpaired) electrons. The van der Waals surface area contributed by atoms with Crippen LogP contribution in [0.25, 0.3) is 11.0 Å². The number of carbonyl (C=O) groups is 2. The molecule has 1 amide bonds. The number of hydrogen-bond donors (Lipinski definition) is 1. The Morgan fingerprint density at radius 1 is 1.24 bits per heavy atom. The number of ether oxygens (including phenoxy) is 1. The molecular weight excluding hydrogens is 344 g/mol. The molecule has 0 aliphatic rings. The van der Waals surface area contributed by atoms with E-state index in [1.165, 1.54) is 4.68 Å². The van der Waals surface area contributed by atoms with Crippen LogP contribution in [0.4, 0.5) is 5.69 Å². The summed E-state index contributed by atoms with van der Waals surface area (Å²) >= 11 is 6.05. The molecule has 2 aromatic carbocycles. The van der Waals surface area contributed by atoms with Gasteiger partial charge in [-0.2, -0.15) is 0 Å². The highest BCUT2D eigenvalue weighted by Crippen LogP contribution is 2.22. The molecule has 0 bridgehead atoms. The Labute approximate surface area is 148 Å². The Morgan fingerprint density at radius 3 is 2.84 bits per heavy atom. The third kappa shape index (κ3) is 4.13. The monoisotopic (exact) mass is 358 g/mol. The molecule has 3 rings (SSSR count). The SMILES string of the molecule is Cc1ccc(NC(=O)COC(=O)Cn2nnc3ccccc32)c(Cl)c1. The van der Waals surface area contributed by atoms with Gasteiger partial charge in [0.05, 0.1) is 16.2 Å². The van der Waals surface area contributed by atoms with Crippen LogP contribution >= 0.6 is 11.6 Å². The third-order valence-electron chi connectivity index (χ3n) is 3.46. The summed E-state index contributed by atoms with van der Waals surface area (Å²) in [5, 5.41) is 10.9. The smallest absolute Gasteiger partial charge is 0.328 e. The molecule has 25 heavy (non-hydrogen) atoms. The normalized spacial score (nSPS) is 10.6. The van der Waals surface area contributed by atoms with E-state index >= 15 is 0 Å². The summed E-state index contributed by atoms with van der Waals surface area (Å²) in [4.78, 5) is 23.8. The summed E-state index contributed by atoms with van der Waals surface area (Å²) in [5.74, 6) is -1.05. The predicted molar refractivity (Wildman–Crippen MR) is 93.3 cm³/mol. The molecule has 0 atom stereocenters. The maximum absolute atomic E-state index is 11.9. The fourth-order valence-electron chi connectivity index (χ4n) is 2.26. The van der Waals surface area contributed by atoms with Gasteiger partial charge in [0.2, 0.25) is 0 Å². The summed E-state index contributed by atoms with van der Waals surface area (Å²) < 4.78 is 6.40. The largest absolute Gasteiger partial charge is 0.454 e. The van der Waals surface area contributed by atoms with E-state index in [2.05, 4.69) is 15.6 Å². The van der Waals surface area contributed by atoms with Crippen LogP contribution in [-0.4, -0.2) is 33.5 Å². The Bertz CT molecular complexity index is 939. The van der Waals surface area contributed by atoms with Gasteiger partial charge in [0.1, 0.15) is 12.1 Å². The van der Waals surface area contributed by atoms with Crippen LogP contribution in [0.5, 0.6) is 0 Å². The summed E-state index contributed by atoms with van der Waals surface area (Å²) in [6.45, 7) is 1.36. The van der Waals surface area contributed by atoms with Crippen molar-refractivity contribution in [3.05, 3.63) is 53.1 Å². The highest BCUT2D eigenvalue weighted by Gasteiger charge is 2.12. The zero-order chi connectivity index (χ0) is 17.8. The number of esters is 1. The van der Waals surface area contributed by atoms with E-state index in [9.17, 15) is 9.59 Å². The van der Waals surface area contributed by atoms with Crippen LogP contribution in [0.15, 0.2) is 42.5 Å². The van der Waals surface area contributed by atoms with E-state index in [-0.39, 0.29) is 6.54 Å². The standard InChI is InChI=1S/C17H15ClN4O3/c1-11-6-7-13(12(18)8-11)19-16(23)10-25-17(24)9-22-15-5-3-2-4-14(15)20-21-22/h2-8H,9-10H2,1H3,(H,19,23). The predicted octanol–water partition coefficient (Wildman–Crippen LogP) is 2.58. The van der Waals surface area contributed by atoms with Crippen molar-refractivity contribution in [1.29, 1.82) is 0 Å². The van der Waals surface area contributed by atoms with Gasteiger partial charge in [0, 0.05) is 0 Å². The van der Waals surface area contributed by atoms with Crippen molar-refractivity contribution in [3.63, 3.8) is 0 Å². The number of nitrogens with one attached hydrogen (secondary N) is 1. The Morgan fingerprint density at radius 2 is 2.04 bits per heavy atom. The van der Waals surface area contributed by atoms with Gasteiger partial charge in [0.25, 0.3) is 5.91 Å². The first kappa shape index (κ1) is 16.9. The van der Waals surface area contributed by atoms with Gasteiger partial charge >= 0.3 is 5.97 Å². The minimum atomic E-state index is -0.583. The van der Waals surface area contributed by atoms with Crippen LogP contribution < -0.4 is 5.32 Å². The second-order valence-electron chi connectivity index (χ2n) is 5.43. The quantitative estimate of drug-likeness (QED) is 0.708. The number of amides is 1. The van der Waals surface area contributed by atoms with Crippen molar-refractivity contribution in [1.82, 2.24) is 15.0 Å². The number of para-hydroxylation sites is 1. The highest BCUT2D eigenvalue weighted by molar-refractivity contribution is 6.33. The van der Waals surface area contributed by atoms with Crippen LogP contribution in [-0.2, 0) is 20.9 Å². The fourth-order valence-corrected chi connectivity index (χ4v) is 2.54. The third-order valence-corrected chi connectivity index (χ3v) is 3.77. The molecule has 128 valence electrons. The van der Waals surface area contributed by atoms with E-state index in [1.807, 2.05) is 25.1 Å². The summed E-state index contributed by atoms with van der Waals surface area (Å²) in [6.07, 6.45) is 0. The second-order valence-corrected chi connectivity index (χ2v) is 5.84. The second kappa shape index (κ2) is 7.31. The zero-order valence-electron chi connectivity index (χ0n) is 13.4. The topological polar surface area (TPSA) is 86.1 Å². The molecule has 1 N–H and O–H groups in total. The van der Waals surface area contributed by atoms with Crippen LogP contribution in [0.1, 0.15) is 5.56 Å². The molecule has 0 aliphatic heterocycles. The molecular formula is C17H15ClN4O3. The number of hydrogen-bond acceptors (Lipinski definition) is 5. The van der Waals surface area contributed by atoms with Gasteiger partial charge in [-0.05, 0) is 36.8 Å². The summed E-state index contributed by atoms with van der Waals surface area (Å²) in [6, 6.07) is 12.5. The minimum absolute atomic E-state index is 0.126. The number of nitrogens with zero attached hydrogens (tertiary/aromatic N) is 3. The average Bonchev–Trinajstić information content (AvgIpc) is 2.99. The van der Waals surface area contributed by atoms with Crippen LogP contribution in [0.3, 0.4) is 0 Å². The van der Waals surface area contributed by atoms with Gasteiger partial charge in [-0.25, -0.2) is 4.68 Å². The molecule has 1 heterocycles. The number of aromatic nitrogens is 3. The maximum atomic E-state index is 11.9. The van der Waals surface area contributed by atoms with Crippen LogP contribution in [0, 0.1) is 6.92 Å². The summed E-state index contributed by atoms with van der Waals surface area (Å²) in [5.41, 5.74) is 2.85. The Balaban J connectivity index is 1.54. The van der Waals surface area contributed by atoms with Gasteiger partial charge in [-0.1, -0.05) is 35.0 Å².